The van der Waals surface area contributed by atoms with Gasteiger partial charge in [-0.25, -0.2) is 0 Å². The summed E-state index contributed by atoms with van der Waals surface area (Å²) in [6, 6.07) is -0.197. The van der Waals surface area contributed by atoms with Crippen LogP contribution in [0.5, 0.6) is 0 Å². The van der Waals surface area contributed by atoms with E-state index in [1.54, 1.807) is 0 Å². The summed E-state index contributed by atoms with van der Waals surface area (Å²) in [5.74, 6) is -0.266. The third kappa shape index (κ3) is 3.02. The smallest absolute Gasteiger partial charge is 0.305 e. The molecule has 1 saturated carbocycles. The van der Waals surface area contributed by atoms with Crippen molar-refractivity contribution < 1.29 is 14.7 Å². The number of nitrogens with one attached hydrogen (secondary N) is 1. The van der Waals surface area contributed by atoms with E-state index in [0.29, 0.717) is 12.6 Å². The van der Waals surface area contributed by atoms with Crippen LogP contribution < -0.4 is 5.32 Å². The maximum atomic E-state index is 11.8. The number of carboxylic acid groups (broad SMARTS) is 1. The van der Waals surface area contributed by atoms with Crippen molar-refractivity contribution in [3.05, 3.63) is 0 Å². The predicted molar refractivity (Wildman–Crippen MR) is 67.2 cm³/mol. The minimum absolute atomic E-state index is 0.0964. The zero-order valence-electron chi connectivity index (χ0n) is 10.9. The monoisotopic (exact) mass is 254 g/mol. The molecule has 102 valence electrons. The van der Waals surface area contributed by atoms with Gasteiger partial charge < -0.3 is 10.4 Å². The first-order valence-electron chi connectivity index (χ1n) is 6.83. The fourth-order valence-corrected chi connectivity index (χ4v) is 2.98. The highest BCUT2D eigenvalue weighted by molar-refractivity contribution is 5.86. The molecule has 1 aliphatic heterocycles. The fourth-order valence-electron chi connectivity index (χ4n) is 2.98. The van der Waals surface area contributed by atoms with Crippen molar-refractivity contribution in [2.45, 2.75) is 51.1 Å². The van der Waals surface area contributed by atoms with E-state index in [4.69, 9.17) is 5.11 Å². The Morgan fingerprint density at radius 1 is 1.56 bits per heavy atom. The Bertz CT molecular complexity index is 328. The zero-order chi connectivity index (χ0) is 13.1. The lowest BCUT2D eigenvalue weighted by Gasteiger charge is -2.41. The van der Waals surface area contributed by atoms with Crippen molar-refractivity contribution >= 4 is 11.9 Å². The first-order chi connectivity index (χ1) is 8.58. The Labute approximate surface area is 108 Å². The lowest BCUT2D eigenvalue weighted by atomic mass is 9.80. The summed E-state index contributed by atoms with van der Waals surface area (Å²) in [7, 11) is 0. The first-order valence-corrected chi connectivity index (χ1v) is 6.83. The average Bonchev–Trinajstić information content (AvgIpc) is 2.25. The number of piperazine rings is 1. The van der Waals surface area contributed by atoms with Crippen molar-refractivity contribution in [3.63, 3.8) is 0 Å². The molecule has 1 heterocycles. The lowest BCUT2D eigenvalue weighted by Crippen LogP contribution is -2.58. The highest BCUT2D eigenvalue weighted by Crippen LogP contribution is 2.32. The van der Waals surface area contributed by atoms with Crippen molar-refractivity contribution in [1.29, 1.82) is 0 Å². The number of carbonyl (C=O) groups excluding carboxylic acids is 1. The van der Waals surface area contributed by atoms with Gasteiger partial charge in [0.1, 0.15) is 0 Å². The van der Waals surface area contributed by atoms with Gasteiger partial charge in [-0.1, -0.05) is 19.3 Å². The average molecular weight is 254 g/mol. The Balaban J connectivity index is 1.96. The standard InChI is InChI=1S/C13H22N2O3/c1-9(7-10-3-2-4-10)15-6-5-14-13(18)11(15)8-12(16)17/h9-11H,2-8H2,1H3,(H,14,18)(H,16,17). The van der Waals surface area contributed by atoms with Gasteiger partial charge in [0.05, 0.1) is 12.5 Å². The number of hydrogen-bond acceptors (Lipinski definition) is 3. The normalized spacial score (nSPS) is 27.4. The highest BCUT2D eigenvalue weighted by atomic mass is 16.4. The molecule has 2 N–H and O–H groups in total. The summed E-state index contributed by atoms with van der Waals surface area (Å²) in [4.78, 5) is 24.7. The van der Waals surface area contributed by atoms with E-state index in [0.717, 1.165) is 18.9 Å². The van der Waals surface area contributed by atoms with Crippen molar-refractivity contribution in [2.24, 2.45) is 5.92 Å². The maximum absolute atomic E-state index is 11.8. The van der Waals surface area contributed by atoms with Crippen LogP contribution in [0.15, 0.2) is 0 Å². The number of hydrogen-bond donors (Lipinski definition) is 2. The maximum Gasteiger partial charge on any atom is 0.305 e. The van der Waals surface area contributed by atoms with Gasteiger partial charge in [0.25, 0.3) is 0 Å². The molecule has 0 spiro atoms. The Morgan fingerprint density at radius 2 is 2.28 bits per heavy atom. The summed E-state index contributed by atoms with van der Waals surface area (Å²) in [5, 5.41) is 11.7. The van der Waals surface area contributed by atoms with Crippen LogP contribution >= 0.6 is 0 Å². The lowest BCUT2D eigenvalue weighted by molar-refractivity contribution is -0.144. The van der Waals surface area contributed by atoms with E-state index in [9.17, 15) is 9.59 Å². The van der Waals surface area contributed by atoms with E-state index in [-0.39, 0.29) is 12.3 Å². The van der Waals surface area contributed by atoms with Crippen molar-refractivity contribution in [2.75, 3.05) is 13.1 Å². The molecule has 0 aromatic carbocycles. The summed E-state index contributed by atoms with van der Waals surface area (Å²) >= 11 is 0. The van der Waals surface area contributed by atoms with E-state index in [1.165, 1.54) is 19.3 Å². The van der Waals surface area contributed by atoms with Crippen LogP contribution in [0.4, 0.5) is 0 Å². The van der Waals surface area contributed by atoms with Crippen molar-refractivity contribution in [1.82, 2.24) is 10.2 Å². The Kier molecular flexibility index (Phi) is 4.22. The van der Waals surface area contributed by atoms with Gasteiger partial charge >= 0.3 is 5.97 Å². The first kappa shape index (κ1) is 13.3. The van der Waals surface area contributed by atoms with E-state index >= 15 is 0 Å². The van der Waals surface area contributed by atoms with Crippen LogP contribution in [0.1, 0.15) is 39.0 Å². The molecule has 1 amide bonds. The molecule has 2 fully saturated rings. The Morgan fingerprint density at radius 3 is 2.83 bits per heavy atom. The van der Waals surface area contributed by atoms with Crippen LogP contribution in [0.3, 0.4) is 0 Å². The van der Waals surface area contributed by atoms with Gasteiger partial charge in [-0.2, -0.15) is 0 Å². The fraction of sp³-hybridized carbons (Fsp3) is 0.846. The molecule has 5 nitrogen and oxygen atoms in total. The topological polar surface area (TPSA) is 69.6 Å². The summed E-state index contributed by atoms with van der Waals surface area (Å²) in [5.41, 5.74) is 0. The summed E-state index contributed by atoms with van der Waals surface area (Å²) in [6.45, 7) is 3.51. The van der Waals surface area contributed by atoms with Crippen molar-refractivity contribution in [3.8, 4) is 0 Å². The molecule has 1 saturated heterocycles. The van der Waals surface area contributed by atoms with Crippen LogP contribution in [0.2, 0.25) is 0 Å². The second-order valence-corrected chi connectivity index (χ2v) is 5.52. The van der Waals surface area contributed by atoms with Gasteiger partial charge in [-0.05, 0) is 19.3 Å². The molecule has 0 radical (unpaired) electrons. The molecule has 0 bridgehead atoms. The summed E-state index contributed by atoms with van der Waals surface area (Å²) < 4.78 is 0. The van der Waals surface area contributed by atoms with Gasteiger partial charge in [-0.15, -0.1) is 0 Å². The molecular weight excluding hydrogens is 232 g/mol. The second kappa shape index (κ2) is 5.69. The number of aliphatic carboxylic acids is 1. The molecule has 2 rings (SSSR count). The molecular formula is C13H22N2O3. The number of amides is 1. The number of carboxylic acids is 1. The zero-order valence-corrected chi connectivity index (χ0v) is 10.9. The third-order valence-electron chi connectivity index (χ3n) is 4.21. The molecule has 2 atom stereocenters. The number of carbonyl (C=O) groups is 2. The van der Waals surface area contributed by atoms with Crippen LogP contribution in [-0.4, -0.2) is 47.1 Å². The van der Waals surface area contributed by atoms with Crippen LogP contribution in [0, 0.1) is 5.92 Å². The molecule has 2 unspecified atom stereocenters. The Hall–Kier alpha value is -1.10. The van der Waals surface area contributed by atoms with Gasteiger partial charge in [0.2, 0.25) is 5.91 Å². The molecule has 0 aromatic rings. The predicted octanol–water partition coefficient (Wildman–Crippen LogP) is 0.840. The highest BCUT2D eigenvalue weighted by Gasteiger charge is 2.35. The van der Waals surface area contributed by atoms with Gasteiger partial charge in [0, 0.05) is 19.1 Å². The SMILES string of the molecule is CC(CC1CCC1)N1CCNC(=O)C1CC(=O)O. The van der Waals surface area contributed by atoms with Gasteiger partial charge in [0.15, 0.2) is 0 Å². The van der Waals surface area contributed by atoms with Crippen LogP contribution in [-0.2, 0) is 9.59 Å². The minimum Gasteiger partial charge on any atom is -0.481 e. The summed E-state index contributed by atoms with van der Waals surface area (Å²) in [6.07, 6.45) is 4.88. The molecule has 1 aliphatic carbocycles. The van der Waals surface area contributed by atoms with E-state index < -0.39 is 12.0 Å². The quantitative estimate of drug-likeness (QED) is 0.763. The third-order valence-corrected chi connectivity index (χ3v) is 4.21. The minimum atomic E-state index is -0.905. The molecule has 18 heavy (non-hydrogen) atoms. The van der Waals surface area contributed by atoms with E-state index in [2.05, 4.69) is 17.1 Å². The number of rotatable bonds is 5. The molecule has 5 heteroatoms. The molecule has 0 aromatic heterocycles. The van der Waals surface area contributed by atoms with Gasteiger partial charge in [-0.3, -0.25) is 14.5 Å². The van der Waals surface area contributed by atoms with Crippen LogP contribution in [0.25, 0.3) is 0 Å². The van der Waals surface area contributed by atoms with E-state index in [1.807, 2.05) is 0 Å². The second-order valence-electron chi connectivity index (χ2n) is 5.52. The number of nitrogens with zero attached hydrogens (tertiary/aromatic N) is 1. The largest absolute Gasteiger partial charge is 0.481 e. The molecule has 2 aliphatic rings.